The van der Waals surface area contributed by atoms with Gasteiger partial charge < -0.3 is 19.7 Å². The summed E-state index contributed by atoms with van der Waals surface area (Å²) < 4.78 is 9.93. The lowest BCUT2D eigenvalue weighted by molar-refractivity contribution is -0.156. The van der Waals surface area contributed by atoms with Gasteiger partial charge in [-0.15, -0.1) is 0 Å². The molecule has 2 saturated carbocycles. The van der Waals surface area contributed by atoms with Crippen molar-refractivity contribution in [2.75, 3.05) is 13.2 Å². The van der Waals surface area contributed by atoms with Crippen molar-refractivity contribution in [1.82, 2.24) is 0 Å². The molecule has 7 heteroatoms. The molecule has 2 aliphatic rings. The maximum absolute atomic E-state index is 12.6. The first-order valence-corrected chi connectivity index (χ1v) is 11.3. The molecule has 0 aromatic carbocycles. The van der Waals surface area contributed by atoms with E-state index in [0.29, 0.717) is 32.1 Å². The molecule has 0 spiro atoms. The van der Waals surface area contributed by atoms with Gasteiger partial charge in [0.15, 0.2) is 6.10 Å². The Kier molecular flexibility index (Phi) is 8.45. The minimum atomic E-state index is -0.918. The average Bonchev–Trinajstić information content (AvgIpc) is 2.66. The van der Waals surface area contributed by atoms with Crippen molar-refractivity contribution in [1.29, 1.82) is 0 Å². The second kappa shape index (κ2) is 10.3. The van der Waals surface area contributed by atoms with Gasteiger partial charge in [-0.05, 0) is 54.4 Å². The van der Waals surface area contributed by atoms with Crippen molar-refractivity contribution in [3.8, 4) is 0 Å². The van der Waals surface area contributed by atoms with Crippen LogP contribution in [0, 0.1) is 22.7 Å². The molecule has 180 valence electrons. The number of hydrogen-bond donors (Lipinski definition) is 2. The van der Waals surface area contributed by atoms with Crippen LogP contribution in [0.3, 0.4) is 0 Å². The molecular weight excluding hydrogens is 412 g/mol. The Labute approximate surface area is 190 Å². The van der Waals surface area contributed by atoms with E-state index in [4.69, 9.17) is 9.47 Å². The lowest BCUT2D eigenvalue weighted by atomic mass is 9.46. The van der Waals surface area contributed by atoms with Crippen LogP contribution in [0.1, 0.15) is 66.7 Å². The summed E-state index contributed by atoms with van der Waals surface area (Å²) in [5, 5.41) is 20.0. The Morgan fingerprint density at radius 3 is 2.50 bits per heavy atom. The highest BCUT2D eigenvalue weighted by Gasteiger charge is 2.56. The van der Waals surface area contributed by atoms with Crippen LogP contribution in [0.5, 0.6) is 0 Å². The first kappa shape index (κ1) is 26.3. The van der Waals surface area contributed by atoms with Crippen LogP contribution in [0.2, 0.25) is 0 Å². The Bertz CT molecular complexity index is 781. The van der Waals surface area contributed by atoms with Crippen molar-refractivity contribution >= 4 is 17.7 Å². The van der Waals surface area contributed by atoms with Gasteiger partial charge >= 0.3 is 11.9 Å². The zero-order valence-electron chi connectivity index (χ0n) is 20.0. The number of esters is 2. The predicted octanol–water partition coefficient (Wildman–Crippen LogP) is 3.13. The summed E-state index contributed by atoms with van der Waals surface area (Å²) in [5.74, 6) is -0.708. The van der Waals surface area contributed by atoms with E-state index < -0.39 is 30.8 Å². The van der Waals surface area contributed by atoms with Gasteiger partial charge in [0, 0.05) is 25.8 Å². The Balaban J connectivity index is 2.08. The normalized spacial score (nSPS) is 31.0. The highest BCUT2D eigenvalue weighted by Crippen LogP contribution is 2.61. The molecule has 0 aromatic rings. The molecule has 32 heavy (non-hydrogen) atoms. The predicted molar refractivity (Wildman–Crippen MR) is 119 cm³/mol. The zero-order valence-corrected chi connectivity index (χ0v) is 20.0. The van der Waals surface area contributed by atoms with Crippen LogP contribution in [0.25, 0.3) is 0 Å². The number of carbonyl (C=O) groups is 3. The number of aliphatic hydroxyl groups excluding tert-OH is 2. The second-order valence-corrected chi connectivity index (χ2v) is 10.4. The maximum atomic E-state index is 12.6. The van der Waals surface area contributed by atoms with Crippen molar-refractivity contribution in [3.63, 3.8) is 0 Å². The summed E-state index contributed by atoms with van der Waals surface area (Å²) >= 11 is 0. The second-order valence-electron chi connectivity index (χ2n) is 10.4. The third-order valence-electron chi connectivity index (χ3n) is 7.25. The zero-order chi connectivity index (χ0) is 24.3. The number of hydrogen-bond acceptors (Lipinski definition) is 7. The lowest BCUT2D eigenvalue weighted by Gasteiger charge is -2.58. The van der Waals surface area contributed by atoms with E-state index >= 15 is 0 Å². The monoisotopic (exact) mass is 450 g/mol. The van der Waals surface area contributed by atoms with Crippen molar-refractivity contribution < 1.29 is 34.1 Å². The summed E-state index contributed by atoms with van der Waals surface area (Å²) in [4.78, 5) is 35.7. The molecule has 1 unspecified atom stereocenters. The van der Waals surface area contributed by atoms with Crippen molar-refractivity contribution in [3.05, 3.63) is 23.8 Å². The van der Waals surface area contributed by atoms with Crippen LogP contribution < -0.4 is 0 Å². The number of allylic oxidation sites excluding steroid dienone is 1. The Morgan fingerprint density at radius 2 is 1.91 bits per heavy atom. The lowest BCUT2D eigenvalue weighted by Crippen LogP contribution is -2.54. The van der Waals surface area contributed by atoms with Gasteiger partial charge in [-0.3, -0.25) is 9.59 Å². The first-order valence-electron chi connectivity index (χ1n) is 11.3. The van der Waals surface area contributed by atoms with Crippen LogP contribution in [0.15, 0.2) is 23.8 Å². The molecule has 0 amide bonds. The van der Waals surface area contributed by atoms with Gasteiger partial charge in [-0.1, -0.05) is 32.9 Å². The molecule has 0 heterocycles. The highest BCUT2D eigenvalue weighted by atomic mass is 16.6. The molecule has 0 aliphatic heterocycles. The van der Waals surface area contributed by atoms with E-state index in [2.05, 4.69) is 27.4 Å². The first-order chi connectivity index (χ1) is 14.8. The smallest absolute Gasteiger partial charge is 0.331 e. The molecule has 7 nitrogen and oxygen atoms in total. The van der Waals surface area contributed by atoms with E-state index in [0.717, 1.165) is 11.1 Å². The average molecular weight is 451 g/mol. The van der Waals surface area contributed by atoms with E-state index in [1.807, 2.05) is 6.92 Å². The van der Waals surface area contributed by atoms with Crippen LogP contribution in [0.4, 0.5) is 0 Å². The summed E-state index contributed by atoms with van der Waals surface area (Å²) in [5.41, 5.74) is 1.10. The van der Waals surface area contributed by atoms with E-state index in [9.17, 15) is 24.6 Å². The van der Waals surface area contributed by atoms with Gasteiger partial charge in [-0.25, -0.2) is 4.79 Å². The van der Waals surface area contributed by atoms with E-state index in [-0.39, 0.29) is 35.1 Å². The van der Waals surface area contributed by atoms with E-state index in [1.54, 1.807) is 0 Å². The third kappa shape index (κ3) is 6.07. The minimum Gasteiger partial charge on any atom is -0.462 e. The number of Topliss-reactive ketones (excluding diaryl/α,β-unsaturated/α-hetero) is 1. The molecule has 2 fully saturated rings. The molecule has 5 atom stereocenters. The van der Waals surface area contributed by atoms with E-state index in [1.165, 1.54) is 13.0 Å². The Morgan fingerprint density at radius 1 is 1.25 bits per heavy atom. The van der Waals surface area contributed by atoms with Crippen LogP contribution in [-0.2, 0) is 23.9 Å². The standard InChI is InChI=1S/C25H38O7/c1-15(9-23(30)32-19(13-26)14-31-17(3)27)7-8-20-16(2)21(29)10-22-24(4,5)11-18(28)12-25(20,22)6/h9,19-22,26,29H,2,7-8,10-14H2,1,3-6H3/b15-9+/t19-,20?,21-,22+,25+/m0/s1. The number of ketones is 1. The molecule has 2 rings (SSSR count). The molecule has 0 aromatic heterocycles. The summed E-state index contributed by atoms with van der Waals surface area (Å²) in [6, 6.07) is 0. The third-order valence-corrected chi connectivity index (χ3v) is 7.25. The highest BCUT2D eigenvalue weighted by molar-refractivity contribution is 5.83. The Hall–Kier alpha value is -1.99. The minimum absolute atomic E-state index is 0.0340. The quantitative estimate of drug-likeness (QED) is 0.332. The molecule has 0 saturated heterocycles. The fourth-order valence-electron chi connectivity index (χ4n) is 5.81. The largest absolute Gasteiger partial charge is 0.462 e. The molecular formula is C25H38O7. The number of carbonyl (C=O) groups excluding carboxylic acids is 3. The van der Waals surface area contributed by atoms with Crippen LogP contribution in [-0.4, -0.2) is 53.4 Å². The SMILES string of the molecule is C=C1C(CC/C(C)=C/C(=O)O[C@@H](CO)COC(C)=O)[C@@]2(C)CC(=O)CC(C)(C)[C@H]2C[C@@H]1O. The number of fused-ring (bicyclic) bond motifs is 1. The molecule has 0 bridgehead atoms. The summed E-state index contributed by atoms with van der Waals surface area (Å²) in [7, 11) is 0. The van der Waals surface area contributed by atoms with Gasteiger partial charge in [0.25, 0.3) is 0 Å². The number of rotatable bonds is 8. The molecule has 0 radical (unpaired) electrons. The van der Waals surface area contributed by atoms with Gasteiger partial charge in [-0.2, -0.15) is 0 Å². The number of ether oxygens (including phenoxy) is 2. The summed E-state index contributed by atoms with van der Waals surface area (Å²) in [6.45, 7) is 12.9. The van der Waals surface area contributed by atoms with Gasteiger partial charge in [0.1, 0.15) is 12.4 Å². The van der Waals surface area contributed by atoms with Crippen molar-refractivity contribution in [2.24, 2.45) is 22.7 Å². The maximum Gasteiger partial charge on any atom is 0.331 e. The van der Waals surface area contributed by atoms with Crippen LogP contribution >= 0.6 is 0 Å². The fourth-order valence-corrected chi connectivity index (χ4v) is 5.81. The van der Waals surface area contributed by atoms with Gasteiger partial charge in [0.2, 0.25) is 0 Å². The van der Waals surface area contributed by atoms with Gasteiger partial charge in [0.05, 0.1) is 12.7 Å². The summed E-state index contributed by atoms with van der Waals surface area (Å²) in [6.07, 6.45) is 2.74. The number of aliphatic hydroxyl groups is 2. The molecule has 2 N–H and O–H groups in total. The molecule has 2 aliphatic carbocycles. The fraction of sp³-hybridized carbons (Fsp3) is 0.720. The topological polar surface area (TPSA) is 110 Å². The van der Waals surface area contributed by atoms with Crippen molar-refractivity contribution in [2.45, 2.75) is 78.9 Å².